The van der Waals surface area contributed by atoms with Gasteiger partial charge in [-0.2, -0.15) is 0 Å². The normalized spacial score (nSPS) is 17.5. The predicted molar refractivity (Wildman–Crippen MR) is 108 cm³/mol. The predicted octanol–water partition coefficient (Wildman–Crippen LogP) is 4.71. The van der Waals surface area contributed by atoms with E-state index in [0.29, 0.717) is 5.56 Å². The molecule has 1 heterocycles. The average molecular weight is 364 g/mol. The van der Waals surface area contributed by atoms with Crippen LogP contribution in [0.15, 0.2) is 48.5 Å². The molecule has 1 saturated carbocycles. The van der Waals surface area contributed by atoms with Crippen LogP contribution in [0.25, 0.3) is 0 Å². The summed E-state index contributed by atoms with van der Waals surface area (Å²) in [5.74, 6) is 1.48. The maximum Gasteiger partial charge on any atom is 0.255 e. The molecule has 2 aliphatic rings. The highest BCUT2D eigenvalue weighted by Crippen LogP contribution is 2.29. The second kappa shape index (κ2) is 8.57. The summed E-state index contributed by atoms with van der Waals surface area (Å²) in [4.78, 5) is 15.0. The second-order valence-corrected chi connectivity index (χ2v) is 7.77. The maximum atomic E-state index is 12.5. The number of likely N-dealkylation sites (tertiary alicyclic amines) is 1. The molecule has 142 valence electrons. The summed E-state index contributed by atoms with van der Waals surface area (Å²) in [6, 6.07) is 15.6. The van der Waals surface area contributed by atoms with Gasteiger partial charge in [-0.3, -0.25) is 9.69 Å². The molecule has 2 fully saturated rings. The first kappa shape index (κ1) is 18.1. The van der Waals surface area contributed by atoms with Crippen molar-refractivity contribution in [3.63, 3.8) is 0 Å². The standard InChI is InChI=1S/C23H28N2O2/c26-23(20-9-11-22(12-10-20)27-17-18-7-8-18)24-21-6-4-5-19(15-21)16-25-13-2-1-3-14-25/h4-6,9-12,15,18H,1-3,7-8,13-14,16-17H2,(H,24,26). The summed E-state index contributed by atoms with van der Waals surface area (Å²) in [6.07, 6.45) is 6.47. The molecular formula is C23H28N2O2. The molecule has 27 heavy (non-hydrogen) atoms. The molecule has 2 aromatic carbocycles. The Labute approximate surface area is 161 Å². The van der Waals surface area contributed by atoms with Gasteiger partial charge in [-0.05, 0) is 86.7 Å². The van der Waals surface area contributed by atoms with Crippen LogP contribution in [0.4, 0.5) is 5.69 Å². The first-order valence-corrected chi connectivity index (χ1v) is 10.1. The third-order valence-corrected chi connectivity index (χ3v) is 5.34. The quantitative estimate of drug-likeness (QED) is 0.773. The van der Waals surface area contributed by atoms with E-state index < -0.39 is 0 Å². The van der Waals surface area contributed by atoms with Gasteiger partial charge in [0.05, 0.1) is 6.61 Å². The SMILES string of the molecule is O=C(Nc1cccc(CN2CCCCC2)c1)c1ccc(OCC2CC2)cc1. The highest BCUT2D eigenvalue weighted by atomic mass is 16.5. The molecule has 1 aliphatic carbocycles. The van der Waals surface area contributed by atoms with Crippen LogP contribution in [0.2, 0.25) is 0 Å². The minimum Gasteiger partial charge on any atom is -0.493 e. The van der Waals surface area contributed by atoms with Gasteiger partial charge in [0.25, 0.3) is 5.91 Å². The molecule has 0 bridgehead atoms. The molecule has 2 aromatic rings. The molecule has 0 radical (unpaired) electrons. The zero-order valence-electron chi connectivity index (χ0n) is 15.8. The van der Waals surface area contributed by atoms with Crippen molar-refractivity contribution in [2.24, 2.45) is 5.92 Å². The molecular weight excluding hydrogens is 336 g/mol. The maximum absolute atomic E-state index is 12.5. The van der Waals surface area contributed by atoms with E-state index in [0.717, 1.165) is 30.5 Å². The number of carbonyl (C=O) groups is 1. The zero-order chi connectivity index (χ0) is 18.5. The highest BCUT2D eigenvalue weighted by Gasteiger charge is 2.21. The number of amides is 1. The van der Waals surface area contributed by atoms with Gasteiger partial charge < -0.3 is 10.1 Å². The number of benzene rings is 2. The lowest BCUT2D eigenvalue weighted by Gasteiger charge is -2.26. The minimum atomic E-state index is -0.0844. The van der Waals surface area contributed by atoms with Gasteiger partial charge in [-0.15, -0.1) is 0 Å². The largest absolute Gasteiger partial charge is 0.493 e. The van der Waals surface area contributed by atoms with Crippen LogP contribution >= 0.6 is 0 Å². The van der Waals surface area contributed by atoms with E-state index in [1.54, 1.807) is 0 Å². The number of rotatable bonds is 7. The number of carbonyl (C=O) groups excluding carboxylic acids is 1. The molecule has 0 aromatic heterocycles. The lowest BCUT2D eigenvalue weighted by Crippen LogP contribution is -2.29. The smallest absolute Gasteiger partial charge is 0.255 e. The average Bonchev–Trinajstić information content (AvgIpc) is 3.52. The number of anilines is 1. The summed E-state index contributed by atoms with van der Waals surface area (Å²) >= 11 is 0. The molecule has 0 unspecified atom stereocenters. The molecule has 0 spiro atoms. The van der Waals surface area contributed by atoms with Crippen molar-refractivity contribution in [2.75, 3.05) is 25.0 Å². The van der Waals surface area contributed by atoms with Gasteiger partial charge in [0.1, 0.15) is 5.75 Å². The lowest BCUT2D eigenvalue weighted by molar-refractivity contribution is 0.102. The first-order valence-electron chi connectivity index (χ1n) is 10.1. The van der Waals surface area contributed by atoms with Crippen molar-refractivity contribution >= 4 is 11.6 Å². The molecule has 1 N–H and O–H groups in total. The van der Waals surface area contributed by atoms with Crippen molar-refractivity contribution in [2.45, 2.75) is 38.6 Å². The number of hydrogen-bond donors (Lipinski definition) is 1. The molecule has 4 heteroatoms. The fourth-order valence-corrected chi connectivity index (χ4v) is 3.53. The Hall–Kier alpha value is -2.33. The molecule has 1 saturated heterocycles. The van der Waals surface area contributed by atoms with E-state index in [4.69, 9.17) is 4.74 Å². The molecule has 1 aliphatic heterocycles. The molecule has 1 amide bonds. The van der Waals surface area contributed by atoms with Gasteiger partial charge in [-0.1, -0.05) is 18.6 Å². The summed E-state index contributed by atoms with van der Waals surface area (Å²) in [6.45, 7) is 4.09. The van der Waals surface area contributed by atoms with Crippen LogP contribution in [0.5, 0.6) is 5.75 Å². The summed E-state index contributed by atoms with van der Waals surface area (Å²) in [7, 11) is 0. The Bertz CT molecular complexity index is 762. The monoisotopic (exact) mass is 364 g/mol. The van der Waals surface area contributed by atoms with Crippen LogP contribution < -0.4 is 10.1 Å². The third-order valence-electron chi connectivity index (χ3n) is 5.34. The fourth-order valence-electron chi connectivity index (χ4n) is 3.53. The fraction of sp³-hybridized carbons (Fsp3) is 0.435. The van der Waals surface area contributed by atoms with E-state index in [1.807, 2.05) is 36.4 Å². The van der Waals surface area contributed by atoms with Crippen molar-refractivity contribution in [1.29, 1.82) is 0 Å². The second-order valence-electron chi connectivity index (χ2n) is 7.77. The first-order chi connectivity index (χ1) is 13.3. The topological polar surface area (TPSA) is 41.6 Å². The number of piperidine rings is 1. The summed E-state index contributed by atoms with van der Waals surface area (Å²) in [5, 5.41) is 3.02. The van der Waals surface area contributed by atoms with Gasteiger partial charge in [0, 0.05) is 17.8 Å². The Morgan fingerprint density at radius 3 is 2.56 bits per heavy atom. The van der Waals surface area contributed by atoms with Crippen molar-refractivity contribution in [1.82, 2.24) is 4.90 Å². The van der Waals surface area contributed by atoms with E-state index in [1.165, 1.54) is 50.8 Å². The number of hydrogen-bond acceptors (Lipinski definition) is 3. The van der Waals surface area contributed by atoms with Crippen LogP contribution in [0, 0.1) is 5.92 Å². The van der Waals surface area contributed by atoms with Crippen LogP contribution in [0.3, 0.4) is 0 Å². The number of nitrogens with zero attached hydrogens (tertiary/aromatic N) is 1. The summed E-state index contributed by atoms with van der Waals surface area (Å²) in [5.41, 5.74) is 2.75. The van der Waals surface area contributed by atoms with Gasteiger partial charge in [0.15, 0.2) is 0 Å². The van der Waals surface area contributed by atoms with Crippen LogP contribution in [-0.4, -0.2) is 30.5 Å². The Balaban J connectivity index is 1.33. The van der Waals surface area contributed by atoms with Crippen LogP contribution in [0.1, 0.15) is 48.0 Å². The highest BCUT2D eigenvalue weighted by molar-refractivity contribution is 6.04. The van der Waals surface area contributed by atoms with E-state index in [-0.39, 0.29) is 5.91 Å². The summed E-state index contributed by atoms with van der Waals surface area (Å²) < 4.78 is 5.73. The minimum absolute atomic E-state index is 0.0844. The van der Waals surface area contributed by atoms with E-state index >= 15 is 0 Å². The van der Waals surface area contributed by atoms with Crippen molar-refractivity contribution < 1.29 is 9.53 Å². The van der Waals surface area contributed by atoms with E-state index in [2.05, 4.69) is 22.3 Å². The van der Waals surface area contributed by atoms with Gasteiger partial charge >= 0.3 is 0 Å². The van der Waals surface area contributed by atoms with Crippen molar-refractivity contribution in [3.05, 3.63) is 59.7 Å². The molecule has 0 atom stereocenters. The third kappa shape index (κ3) is 5.33. The van der Waals surface area contributed by atoms with Gasteiger partial charge in [-0.25, -0.2) is 0 Å². The van der Waals surface area contributed by atoms with E-state index in [9.17, 15) is 4.79 Å². The molecule has 4 rings (SSSR count). The number of ether oxygens (including phenoxy) is 1. The lowest BCUT2D eigenvalue weighted by atomic mass is 10.1. The molecule has 4 nitrogen and oxygen atoms in total. The Morgan fingerprint density at radius 1 is 1.04 bits per heavy atom. The number of nitrogens with one attached hydrogen (secondary N) is 1. The zero-order valence-corrected chi connectivity index (χ0v) is 15.8. The Morgan fingerprint density at radius 2 is 1.81 bits per heavy atom. The van der Waals surface area contributed by atoms with Crippen molar-refractivity contribution in [3.8, 4) is 5.75 Å². The van der Waals surface area contributed by atoms with Gasteiger partial charge in [0.2, 0.25) is 0 Å². The Kier molecular flexibility index (Phi) is 5.73. The van der Waals surface area contributed by atoms with Crippen LogP contribution in [-0.2, 0) is 6.54 Å².